The normalized spacial score (nSPS) is 19.4. The molecule has 2 nitrogen and oxygen atoms in total. The van der Waals surface area contributed by atoms with Gasteiger partial charge in [0, 0.05) is 19.8 Å². The van der Waals surface area contributed by atoms with Gasteiger partial charge in [-0.1, -0.05) is 17.7 Å². The molecule has 1 aromatic carbocycles. The summed E-state index contributed by atoms with van der Waals surface area (Å²) < 4.78 is 5.40. The van der Waals surface area contributed by atoms with Crippen LogP contribution in [0.15, 0.2) is 12.1 Å². The van der Waals surface area contributed by atoms with E-state index in [0.29, 0.717) is 0 Å². The van der Waals surface area contributed by atoms with Crippen LogP contribution in [-0.4, -0.2) is 19.8 Å². The number of benzene rings is 1. The molecular formula is C16H25NO. The van der Waals surface area contributed by atoms with Crippen LogP contribution in [0.4, 0.5) is 0 Å². The molecule has 0 radical (unpaired) electrons. The van der Waals surface area contributed by atoms with Gasteiger partial charge in [-0.15, -0.1) is 0 Å². The quantitative estimate of drug-likeness (QED) is 0.807. The first kappa shape index (κ1) is 13.6. The maximum Gasteiger partial charge on any atom is 0.0495 e. The van der Waals surface area contributed by atoms with Crippen molar-refractivity contribution in [2.45, 2.75) is 40.2 Å². The first-order valence-electron chi connectivity index (χ1n) is 7.02. The third kappa shape index (κ3) is 3.56. The summed E-state index contributed by atoms with van der Waals surface area (Å²) in [7, 11) is 0. The SMILES string of the molecule is Cc1cc(C)c(CNCCC2CCOC2)c(C)c1. The molecule has 0 saturated carbocycles. The standard InChI is InChI=1S/C16H25NO/c1-12-8-13(2)16(14(3)9-12)10-17-6-4-15-5-7-18-11-15/h8-9,15,17H,4-7,10-11H2,1-3H3. The number of nitrogens with one attached hydrogen (secondary N) is 1. The van der Waals surface area contributed by atoms with Gasteiger partial charge in [-0.25, -0.2) is 0 Å². The van der Waals surface area contributed by atoms with E-state index in [1.807, 2.05) is 0 Å². The Labute approximate surface area is 111 Å². The summed E-state index contributed by atoms with van der Waals surface area (Å²) in [5.74, 6) is 0.776. The van der Waals surface area contributed by atoms with Crippen LogP contribution in [0.2, 0.25) is 0 Å². The summed E-state index contributed by atoms with van der Waals surface area (Å²) in [6.45, 7) is 10.6. The van der Waals surface area contributed by atoms with Gasteiger partial charge >= 0.3 is 0 Å². The second-order valence-electron chi connectivity index (χ2n) is 5.57. The minimum atomic E-state index is 0.776. The largest absolute Gasteiger partial charge is 0.381 e. The van der Waals surface area contributed by atoms with Crippen molar-refractivity contribution in [3.8, 4) is 0 Å². The third-order valence-corrected chi connectivity index (χ3v) is 3.90. The first-order chi connectivity index (χ1) is 8.66. The third-order valence-electron chi connectivity index (χ3n) is 3.90. The molecule has 0 amide bonds. The molecule has 1 aromatic rings. The van der Waals surface area contributed by atoms with E-state index in [0.717, 1.165) is 32.2 Å². The maximum absolute atomic E-state index is 5.40. The smallest absolute Gasteiger partial charge is 0.0495 e. The van der Waals surface area contributed by atoms with E-state index < -0.39 is 0 Å². The van der Waals surface area contributed by atoms with Gasteiger partial charge in [0.2, 0.25) is 0 Å². The molecule has 1 aliphatic heterocycles. The molecule has 1 atom stereocenters. The lowest BCUT2D eigenvalue weighted by Crippen LogP contribution is -2.19. The Morgan fingerprint density at radius 1 is 1.22 bits per heavy atom. The van der Waals surface area contributed by atoms with Crippen LogP contribution in [0.5, 0.6) is 0 Å². The zero-order chi connectivity index (χ0) is 13.0. The van der Waals surface area contributed by atoms with Crippen molar-refractivity contribution in [3.05, 3.63) is 34.4 Å². The molecule has 1 aliphatic rings. The highest BCUT2D eigenvalue weighted by molar-refractivity contribution is 5.37. The fourth-order valence-electron chi connectivity index (χ4n) is 2.82. The topological polar surface area (TPSA) is 21.3 Å². The lowest BCUT2D eigenvalue weighted by Gasteiger charge is -2.13. The number of hydrogen-bond acceptors (Lipinski definition) is 2. The van der Waals surface area contributed by atoms with Crippen molar-refractivity contribution in [1.29, 1.82) is 0 Å². The number of ether oxygens (including phenoxy) is 1. The highest BCUT2D eigenvalue weighted by Crippen LogP contribution is 2.17. The summed E-state index contributed by atoms with van der Waals surface area (Å²) in [5, 5.41) is 3.57. The van der Waals surface area contributed by atoms with E-state index in [4.69, 9.17) is 4.74 Å². The molecule has 100 valence electrons. The molecule has 1 heterocycles. The first-order valence-corrected chi connectivity index (χ1v) is 7.02. The summed E-state index contributed by atoms with van der Waals surface area (Å²) in [6, 6.07) is 4.55. The predicted octanol–water partition coefficient (Wildman–Crippen LogP) is 3.13. The Balaban J connectivity index is 1.79. The zero-order valence-electron chi connectivity index (χ0n) is 11.9. The monoisotopic (exact) mass is 247 g/mol. The van der Waals surface area contributed by atoms with E-state index in [2.05, 4.69) is 38.2 Å². The van der Waals surface area contributed by atoms with Gasteiger partial charge in [0.15, 0.2) is 0 Å². The van der Waals surface area contributed by atoms with Gasteiger partial charge < -0.3 is 10.1 Å². The molecule has 18 heavy (non-hydrogen) atoms. The second kappa shape index (κ2) is 6.35. The van der Waals surface area contributed by atoms with E-state index in [9.17, 15) is 0 Å². The lowest BCUT2D eigenvalue weighted by atomic mass is 9.99. The molecule has 2 rings (SSSR count). The Morgan fingerprint density at radius 2 is 1.94 bits per heavy atom. The van der Waals surface area contributed by atoms with Gasteiger partial charge in [0.25, 0.3) is 0 Å². The van der Waals surface area contributed by atoms with E-state index in [-0.39, 0.29) is 0 Å². The Hall–Kier alpha value is -0.860. The zero-order valence-corrected chi connectivity index (χ0v) is 11.9. The highest BCUT2D eigenvalue weighted by Gasteiger charge is 2.14. The molecule has 0 bridgehead atoms. The Bertz CT molecular complexity index is 371. The van der Waals surface area contributed by atoms with Crippen molar-refractivity contribution in [1.82, 2.24) is 5.32 Å². The molecule has 0 spiro atoms. The highest BCUT2D eigenvalue weighted by atomic mass is 16.5. The molecule has 0 aliphatic carbocycles. The fourth-order valence-corrected chi connectivity index (χ4v) is 2.82. The second-order valence-corrected chi connectivity index (χ2v) is 5.57. The van der Waals surface area contributed by atoms with E-state index in [1.165, 1.54) is 35.1 Å². The fraction of sp³-hybridized carbons (Fsp3) is 0.625. The van der Waals surface area contributed by atoms with Crippen LogP contribution in [0, 0.1) is 26.7 Å². The summed E-state index contributed by atoms with van der Waals surface area (Å²) in [6.07, 6.45) is 2.48. The van der Waals surface area contributed by atoms with Gasteiger partial charge in [-0.3, -0.25) is 0 Å². The molecule has 0 aromatic heterocycles. The molecule has 1 N–H and O–H groups in total. The van der Waals surface area contributed by atoms with Crippen LogP contribution in [0.1, 0.15) is 35.1 Å². The van der Waals surface area contributed by atoms with Gasteiger partial charge in [-0.2, -0.15) is 0 Å². The van der Waals surface area contributed by atoms with E-state index in [1.54, 1.807) is 0 Å². The minimum absolute atomic E-state index is 0.776. The van der Waals surface area contributed by atoms with Crippen LogP contribution in [-0.2, 0) is 11.3 Å². The van der Waals surface area contributed by atoms with Crippen molar-refractivity contribution in [2.24, 2.45) is 5.92 Å². The van der Waals surface area contributed by atoms with Crippen LogP contribution in [0.25, 0.3) is 0 Å². The van der Waals surface area contributed by atoms with Crippen LogP contribution in [0.3, 0.4) is 0 Å². The lowest BCUT2D eigenvalue weighted by molar-refractivity contribution is 0.184. The number of rotatable bonds is 5. The van der Waals surface area contributed by atoms with Crippen LogP contribution < -0.4 is 5.32 Å². The average Bonchev–Trinajstić information content (AvgIpc) is 2.79. The van der Waals surface area contributed by atoms with Crippen molar-refractivity contribution in [2.75, 3.05) is 19.8 Å². The van der Waals surface area contributed by atoms with Crippen molar-refractivity contribution in [3.63, 3.8) is 0 Å². The molecule has 1 saturated heterocycles. The van der Waals surface area contributed by atoms with Crippen LogP contribution >= 0.6 is 0 Å². The average molecular weight is 247 g/mol. The maximum atomic E-state index is 5.40. The number of hydrogen-bond donors (Lipinski definition) is 1. The van der Waals surface area contributed by atoms with Gasteiger partial charge in [0.1, 0.15) is 0 Å². The summed E-state index contributed by atoms with van der Waals surface area (Å²) >= 11 is 0. The van der Waals surface area contributed by atoms with Crippen molar-refractivity contribution >= 4 is 0 Å². The van der Waals surface area contributed by atoms with Gasteiger partial charge in [-0.05, 0) is 62.8 Å². The summed E-state index contributed by atoms with van der Waals surface area (Å²) in [4.78, 5) is 0. The molecule has 1 fully saturated rings. The molecular weight excluding hydrogens is 222 g/mol. The Kier molecular flexibility index (Phi) is 4.79. The summed E-state index contributed by atoms with van der Waals surface area (Å²) in [5.41, 5.74) is 5.63. The van der Waals surface area contributed by atoms with E-state index >= 15 is 0 Å². The number of aryl methyl sites for hydroxylation is 3. The predicted molar refractivity (Wildman–Crippen MR) is 75.9 cm³/mol. The van der Waals surface area contributed by atoms with Gasteiger partial charge in [0.05, 0.1) is 0 Å². The minimum Gasteiger partial charge on any atom is -0.381 e. The van der Waals surface area contributed by atoms with Crippen molar-refractivity contribution < 1.29 is 4.74 Å². The Morgan fingerprint density at radius 3 is 2.56 bits per heavy atom. The molecule has 2 heteroatoms. The molecule has 1 unspecified atom stereocenters.